The summed E-state index contributed by atoms with van der Waals surface area (Å²) in [4.78, 5) is -1.90. The topological polar surface area (TPSA) is 0 Å². The Hall–Kier alpha value is -0.780. The molecule has 0 unspecified atom stereocenters. The van der Waals surface area contributed by atoms with E-state index in [1.54, 1.807) is 0 Å². The number of rotatable bonds is 3. The molecule has 0 aliphatic carbocycles. The largest absolute Gasteiger partial charge is 0.310 e. The molecule has 0 saturated heterocycles. The molecule has 0 radical (unpaired) electrons. The highest BCUT2D eigenvalue weighted by atomic mass is 32.5. The molecule has 0 rings (SSSR count). The average Bonchev–Trinajstić information content (AvgIpc) is 1.83. The molecule has 0 heterocycles. The van der Waals surface area contributed by atoms with Crippen LogP contribution in [0.3, 0.4) is 0 Å². The van der Waals surface area contributed by atoms with Gasteiger partial charge in [0.1, 0.15) is 4.91 Å². The number of halogens is 5. The van der Waals surface area contributed by atoms with Crippen molar-refractivity contribution in [2.75, 3.05) is 0 Å². The predicted molar refractivity (Wildman–Crippen MR) is 46.2 cm³/mol. The van der Waals surface area contributed by atoms with Gasteiger partial charge >= 0.3 is 10.2 Å². The summed E-state index contributed by atoms with van der Waals surface area (Å²) in [5.74, 6) is 0. The van der Waals surface area contributed by atoms with Gasteiger partial charge in [-0.15, -0.1) is 0 Å². The van der Waals surface area contributed by atoms with E-state index in [0.717, 1.165) is 19.1 Å². The maximum absolute atomic E-state index is 12.0. The molecule has 0 nitrogen and oxygen atoms in total. The molecule has 0 atom stereocenters. The minimum Gasteiger partial charge on any atom is -0.0991 e. The predicted octanol–water partition coefficient (Wildman–Crippen LogP) is 4.93. The fourth-order valence-corrected chi connectivity index (χ4v) is 1.39. The summed E-state index contributed by atoms with van der Waals surface area (Å²) in [6.07, 6.45) is 2.44. The molecular weight excluding hydrogens is 211 g/mol. The van der Waals surface area contributed by atoms with Crippen LogP contribution in [0.2, 0.25) is 0 Å². The first-order valence-electron chi connectivity index (χ1n) is 3.21. The molecule has 0 amide bonds. The zero-order valence-corrected chi connectivity index (χ0v) is 7.63. The summed E-state index contributed by atoms with van der Waals surface area (Å²) in [6.45, 7) is 3.98. The van der Waals surface area contributed by atoms with Gasteiger partial charge < -0.3 is 0 Å². The number of hydrogen-bond acceptors (Lipinski definition) is 0. The first-order valence-corrected chi connectivity index (χ1v) is 5.16. The van der Waals surface area contributed by atoms with E-state index in [9.17, 15) is 19.4 Å². The van der Waals surface area contributed by atoms with E-state index < -0.39 is 15.1 Å². The van der Waals surface area contributed by atoms with E-state index in [1.165, 1.54) is 0 Å². The second kappa shape index (κ2) is 2.60. The third-order valence-corrected chi connectivity index (χ3v) is 2.39. The lowest BCUT2D eigenvalue weighted by atomic mass is 10.4. The minimum atomic E-state index is -9.49. The lowest BCUT2D eigenvalue weighted by Crippen LogP contribution is -2.06. The van der Waals surface area contributed by atoms with Gasteiger partial charge in [0.2, 0.25) is 0 Å². The van der Waals surface area contributed by atoms with Gasteiger partial charge in [0.25, 0.3) is 0 Å². The molecule has 0 aromatic carbocycles. The van der Waals surface area contributed by atoms with Gasteiger partial charge in [-0.25, -0.2) is 0 Å². The summed E-state index contributed by atoms with van der Waals surface area (Å²) in [5, 5.41) is 0. The van der Waals surface area contributed by atoms with Crippen molar-refractivity contribution in [1.82, 2.24) is 0 Å². The average molecular weight is 220 g/mol. The van der Waals surface area contributed by atoms with Gasteiger partial charge in [-0.2, -0.15) is 0 Å². The molecule has 0 saturated carbocycles. The zero-order valence-electron chi connectivity index (χ0n) is 6.81. The fraction of sp³-hybridized carbons (Fsp3) is 0.143. The van der Waals surface area contributed by atoms with Crippen molar-refractivity contribution in [3.8, 4) is 0 Å². The van der Waals surface area contributed by atoms with Crippen LogP contribution in [0.4, 0.5) is 19.4 Å². The van der Waals surface area contributed by atoms with E-state index >= 15 is 0 Å². The zero-order chi connectivity index (χ0) is 10.8. The highest BCUT2D eigenvalue weighted by Gasteiger charge is 2.65. The second-order valence-corrected chi connectivity index (χ2v) is 4.66. The van der Waals surface area contributed by atoms with Crippen molar-refractivity contribution in [3.05, 3.63) is 35.8 Å². The summed E-state index contributed by atoms with van der Waals surface area (Å²) in [7, 11) is -9.49. The molecule has 0 aromatic heterocycles. The summed E-state index contributed by atoms with van der Waals surface area (Å²) in [5.41, 5.74) is 0. The highest BCUT2D eigenvalue weighted by molar-refractivity contribution is 8.48. The van der Waals surface area contributed by atoms with Gasteiger partial charge in [0.15, 0.2) is 0 Å². The van der Waals surface area contributed by atoms with E-state index in [0.29, 0.717) is 12.2 Å². The van der Waals surface area contributed by atoms with Crippen molar-refractivity contribution in [1.29, 1.82) is 0 Å². The lowest BCUT2D eigenvalue weighted by molar-refractivity contribution is 0.380. The Balaban J connectivity index is 5.29. The van der Waals surface area contributed by atoms with E-state index in [-0.39, 0.29) is 0 Å². The molecule has 13 heavy (non-hydrogen) atoms. The first-order chi connectivity index (χ1) is 5.51. The van der Waals surface area contributed by atoms with Gasteiger partial charge in [-0.3, -0.25) is 0 Å². The molecule has 0 aliphatic rings. The Labute approximate surface area is 73.2 Å². The van der Waals surface area contributed by atoms with Crippen LogP contribution in [0.5, 0.6) is 0 Å². The molecular formula is C7H9F5S. The molecule has 6 heteroatoms. The Morgan fingerprint density at radius 3 is 1.85 bits per heavy atom. The molecule has 0 aliphatic heterocycles. The third kappa shape index (κ3) is 4.12. The van der Waals surface area contributed by atoms with Crippen LogP contribution < -0.4 is 0 Å². The maximum Gasteiger partial charge on any atom is 0.310 e. The number of allylic oxidation sites excluding steroid dienone is 4. The summed E-state index contributed by atoms with van der Waals surface area (Å²) < 4.78 is 60.2. The second-order valence-electron chi connectivity index (χ2n) is 2.25. The minimum absolute atomic E-state index is 0.300. The number of hydrogen-bond donors (Lipinski definition) is 0. The SMILES string of the molecule is C=C/C=C\C(=C/C)S(F)(F)(F)(F)F. The van der Waals surface area contributed by atoms with Crippen LogP contribution in [0.1, 0.15) is 6.92 Å². The normalized spacial score (nSPS) is 19.7. The molecule has 78 valence electrons. The van der Waals surface area contributed by atoms with Crippen LogP contribution in [-0.4, -0.2) is 0 Å². The Morgan fingerprint density at radius 1 is 1.15 bits per heavy atom. The Morgan fingerprint density at radius 2 is 1.62 bits per heavy atom. The van der Waals surface area contributed by atoms with Crippen molar-refractivity contribution in [2.24, 2.45) is 0 Å². The van der Waals surface area contributed by atoms with Gasteiger partial charge in [-0.1, -0.05) is 44.2 Å². The molecule has 0 fully saturated rings. The molecule has 0 aromatic rings. The first kappa shape index (κ1) is 12.2. The standard InChI is InChI=1S/C7H9F5S/c1-3-5-6-7(4-2)13(8,9,10,11)12/h3-6H,1H2,2H3/b6-5-,7-4+. The smallest absolute Gasteiger partial charge is 0.0991 e. The molecule has 0 N–H and O–H groups in total. The molecule has 0 bridgehead atoms. The van der Waals surface area contributed by atoms with Crippen molar-refractivity contribution < 1.29 is 19.4 Å². The van der Waals surface area contributed by atoms with E-state index in [2.05, 4.69) is 6.58 Å². The van der Waals surface area contributed by atoms with Crippen molar-refractivity contribution >= 4 is 10.2 Å². The summed E-state index contributed by atoms with van der Waals surface area (Å²) >= 11 is 0. The van der Waals surface area contributed by atoms with Crippen LogP contribution in [0, 0.1) is 0 Å². The lowest BCUT2D eigenvalue weighted by Gasteiger charge is -2.41. The van der Waals surface area contributed by atoms with Crippen LogP contribution in [0.25, 0.3) is 0 Å². The van der Waals surface area contributed by atoms with Gasteiger partial charge in [0.05, 0.1) is 0 Å². The Bertz CT molecular complexity index is 267. The fourth-order valence-electron chi connectivity index (χ4n) is 0.610. The summed E-state index contributed by atoms with van der Waals surface area (Å²) in [6, 6.07) is 0. The molecule has 0 spiro atoms. The maximum atomic E-state index is 12.0. The van der Waals surface area contributed by atoms with Crippen LogP contribution >= 0.6 is 10.2 Å². The highest BCUT2D eigenvalue weighted by Crippen LogP contribution is 3.02. The van der Waals surface area contributed by atoms with Crippen LogP contribution in [0.15, 0.2) is 35.8 Å². The van der Waals surface area contributed by atoms with Gasteiger partial charge in [-0.05, 0) is 13.0 Å². The quantitative estimate of drug-likeness (QED) is 0.467. The van der Waals surface area contributed by atoms with E-state index in [1.807, 2.05) is 0 Å². The monoisotopic (exact) mass is 220 g/mol. The Kier molecular flexibility index (Phi) is 2.45. The van der Waals surface area contributed by atoms with Gasteiger partial charge in [0, 0.05) is 0 Å². The van der Waals surface area contributed by atoms with E-state index in [4.69, 9.17) is 0 Å². The van der Waals surface area contributed by atoms with Crippen molar-refractivity contribution in [3.63, 3.8) is 0 Å². The van der Waals surface area contributed by atoms with Crippen LogP contribution in [-0.2, 0) is 0 Å². The van der Waals surface area contributed by atoms with Crippen molar-refractivity contribution in [2.45, 2.75) is 6.92 Å². The third-order valence-electron chi connectivity index (χ3n) is 1.13.